The van der Waals surface area contributed by atoms with E-state index in [0.717, 1.165) is 18.6 Å². The largest absolute Gasteiger partial charge is 0.379 e. The Balaban J connectivity index is 2.14. The fourth-order valence-corrected chi connectivity index (χ4v) is 2.75. The van der Waals surface area contributed by atoms with E-state index in [2.05, 4.69) is 12.2 Å². The van der Waals surface area contributed by atoms with E-state index >= 15 is 0 Å². The van der Waals surface area contributed by atoms with Crippen LogP contribution in [0.1, 0.15) is 26.2 Å². The third-order valence-corrected chi connectivity index (χ3v) is 4.12. The number of nitrogens with one attached hydrogen (secondary N) is 1. The van der Waals surface area contributed by atoms with E-state index in [0.29, 0.717) is 18.4 Å². The van der Waals surface area contributed by atoms with Gasteiger partial charge in [0.25, 0.3) is 5.69 Å². The van der Waals surface area contributed by atoms with Crippen LogP contribution in [0.5, 0.6) is 0 Å². The number of benzene rings is 1. The molecule has 2 rings (SSSR count). The molecule has 1 aromatic carbocycles. The number of rotatable bonds is 4. The van der Waals surface area contributed by atoms with Crippen LogP contribution in [-0.2, 0) is 0 Å². The van der Waals surface area contributed by atoms with E-state index in [1.54, 1.807) is 0 Å². The van der Waals surface area contributed by atoms with Crippen LogP contribution in [-0.4, -0.2) is 11.5 Å². The zero-order chi connectivity index (χ0) is 14.0. The van der Waals surface area contributed by atoms with Crippen LogP contribution in [0.25, 0.3) is 0 Å². The van der Waals surface area contributed by atoms with E-state index in [-0.39, 0.29) is 16.4 Å². The van der Waals surface area contributed by atoms with Crippen LogP contribution < -0.4 is 5.32 Å². The van der Waals surface area contributed by atoms with Crippen LogP contribution in [0.15, 0.2) is 12.1 Å². The summed E-state index contributed by atoms with van der Waals surface area (Å²) >= 11 is 5.57. The SMILES string of the molecule is CC1CCCC1CNc1cc(F)c(Cl)cc1[N+](=O)[O-]. The number of nitrogens with zero attached hydrogens (tertiary/aromatic N) is 1. The third kappa shape index (κ3) is 3.15. The summed E-state index contributed by atoms with van der Waals surface area (Å²) in [7, 11) is 0. The molecular formula is C13H16ClFN2O2. The van der Waals surface area contributed by atoms with Crippen molar-refractivity contribution in [1.29, 1.82) is 0 Å². The highest BCUT2D eigenvalue weighted by Crippen LogP contribution is 2.34. The van der Waals surface area contributed by atoms with Crippen molar-refractivity contribution >= 4 is 23.0 Å². The highest BCUT2D eigenvalue weighted by Gasteiger charge is 2.24. The molecule has 4 nitrogen and oxygen atoms in total. The van der Waals surface area contributed by atoms with Crippen molar-refractivity contribution in [2.45, 2.75) is 26.2 Å². The molecule has 19 heavy (non-hydrogen) atoms. The minimum Gasteiger partial charge on any atom is -0.379 e. The topological polar surface area (TPSA) is 55.2 Å². The first-order chi connectivity index (χ1) is 8.99. The van der Waals surface area contributed by atoms with Crippen molar-refractivity contribution in [2.24, 2.45) is 11.8 Å². The van der Waals surface area contributed by atoms with Crippen molar-refractivity contribution in [2.75, 3.05) is 11.9 Å². The molecule has 2 unspecified atom stereocenters. The summed E-state index contributed by atoms with van der Waals surface area (Å²) in [5.41, 5.74) is 0.0167. The highest BCUT2D eigenvalue weighted by molar-refractivity contribution is 6.31. The van der Waals surface area contributed by atoms with Gasteiger partial charge in [0.05, 0.1) is 9.95 Å². The normalized spacial score (nSPS) is 22.5. The molecule has 0 aliphatic heterocycles. The van der Waals surface area contributed by atoms with Crippen LogP contribution in [0.4, 0.5) is 15.8 Å². The minimum absolute atomic E-state index is 0.183. The summed E-state index contributed by atoms with van der Waals surface area (Å²) in [5, 5.41) is 13.7. The molecule has 104 valence electrons. The fraction of sp³-hybridized carbons (Fsp3) is 0.538. The molecule has 0 aromatic heterocycles. The highest BCUT2D eigenvalue weighted by atomic mass is 35.5. The second-order valence-electron chi connectivity index (χ2n) is 5.09. The van der Waals surface area contributed by atoms with Gasteiger partial charge in [-0.05, 0) is 18.3 Å². The van der Waals surface area contributed by atoms with Crippen molar-refractivity contribution in [3.63, 3.8) is 0 Å². The average molecular weight is 287 g/mol. The van der Waals surface area contributed by atoms with E-state index in [9.17, 15) is 14.5 Å². The molecule has 0 amide bonds. The molecule has 0 saturated heterocycles. The lowest BCUT2D eigenvalue weighted by molar-refractivity contribution is -0.384. The zero-order valence-electron chi connectivity index (χ0n) is 10.7. The Morgan fingerprint density at radius 2 is 2.26 bits per heavy atom. The molecular weight excluding hydrogens is 271 g/mol. The van der Waals surface area contributed by atoms with Gasteiger partial charge in [0.1, 0.15) is 11.5 Å². The standard InChI is InChI=1S/C13H16ClFN2O2/c1-8-3-2-4-9(8)7-16-12-6-11(15)10(14)5-13(12)17(18)19/h5-6,8-9,16H,2-4,7H2,1H3. The van der Waals surface area contributed by atoms with Crippen molar-refractivity contribution in [3.05, 3.63) is 33.1 Å². The molecule has 1 aliphatic carbocycles. The van der Waals surface area contributed by atoms with Gasteiger partial charge in [0.15, 0.2) is 0 Å². The molecule has 1 fully saturated rings. The van der Waals surface area contributed by atoms with Crippen LogP contribution >= 0.6 is 11.6 Å². The van der Waals surface area contributed by atoms with Gasteiger partial charge in [-0.15, -0.1) is 0 Å². The molecule has 0 heterocycles. The lowest BCUT2D eigenvalue weighted by Crippen LogP contribution is -2.17. The average Bonchev–Trinajstić information content (AvgIpc) is 2.75. The molecule has 1 aromatic rings. The first-order valence-corrected chi connectivity index (χ1v) is 6.74. The Morgan fingerprint density at radius 3 is 2.84 bits per heavy atom. The summed E-state index contributed by atoms with van der Waals surface area (Å²) in [5.74, 6) is 0.441. The molecule has 2 atom stereocenters. The summed E-state index contributed by atoms with van der Waals surface area (Å²) < 4.78 is 13.4. The first kappa shape index (κ1) is 14.1. The maximum atomic E-state index is 13.4. The van der Waals surface area contributed by atoms with Gasteiger partial charge >= 0.3 is 0 Å². The second kappa shape index (κ2) is 5.74. The molecule has 0 radical (unpaired) electrons. The third-order valence-electron chi connectivity index (χ3n) is 3.83. The van der Waals surface area contributed by atoms with E-state index in [4.69, 9.17) is 11.6 Å². The number of halogens is 2. The Hall–Kier alpha value is -1.36. The smallest absolute Gasteiger partial charge is 0.294 e. The maximum Gasteiger partial charge on any atom is 0.294 e. The van der Waals surface area contributed by atoms with Gasteiger partial charge in [0.2, 0.25) is 0 Å². The van der Waals surface area contributed by atoms with E-state index < -0.39 is 10.7 Å². The minimum atomic E-state index is -0.644. The summed E-state index contributed by atoms with van der Waals surface area (Å²) in [6.45, 7) is 2.80. The predicted octanol–water partition coefficient (Wildman–Crippen LogP) is 4.24. The predicted molar refractivity (Wildman–Crippen MR) is 73.1 cm³/mol. The Labute approximate surface area is 116 Å². The first-order valence-electron chi connectivity index (χ1n) is 6.36. The molecule has 0 spiro atoms. The number of nitro benzene ring substituents is 1. The molecule has 1 N–H and O–H groups in total. The molecule has 1 aliphatic rings. The van der Waals surface area contributed by atoms with Gasteiger partial charge in [-0.1, -0.05) is 31.4 Å². The maximum absolute atomic E-state index is 13.4. The van der Waals surface area contributed by atoms with Gasteiger partial charge in [-0.25, -0.2) is 4.39 Å². The van der Waals surface area contributed by atoms with Crippen LogP contribution in [0.3, 0.4) is 0 Å². The molecule has 1 saturated carbocycles. The van der Waals surface area contributed by atoms with Gasteiger partial charge in [0, 0.05) is 18.7 Å². The van der Waals surface area contributed by atoms with Gasteiger partial charge < -0.3 is 5.32 Å². The summed E-state index contributed by atoms with van der Waals surface area (Å²) in [6.07, 6.45) is 3.48. The van der Waals surface area contributed by atoms with E-state index in [1.165, 1.54) is 12.8 Å². The molecule has 0 bridgehead atoms. The van der Waals surface area contributed by atoms with Gasteiger partial charge in [-0.2, -0.15) is 0 Å². The number of hydrogen-bond acceptors (Lipinski definition) is 3. The lowest BCUT2D eigenvalue weighted by atomic mass is 9.98. The Bertz CT molecular complexity index is 496. The second-order valence-corrected chi connectivity index (χ2v) is 5.50. The van der Waals surface area contributed by atoms with Gasteiger partial charge in [-0.3, -0.25) is 10.1 Å². The lowest BCUT2D eigenvalue weighted by Gasteiger charge is -2.16. The van der Waals surface area contributed by atoms with Crippen LogP contribution in [0, 0.1) is 27.8 Å². The number of anilines is 1. The number of nitro groups is 1. The Morgan fingerprint density at radius 1 is 1.53 bits per heavy atom. The number of hydrogen-bond donors (Lipinski definition) is 1. The van der Waals surface area contributed by atoms with E-state index in [1.807, 2.05) is 0 Å². The summed E-state index contributed by atoms with van der Waals surface area (Å²) in [6, 6.07) is 2.15. The van der Waals surface area contributed by atoms with Crippen molar-refractivity contribution in [1.82, 2.24) is 0 Å². The molecule has 6 heteroatoms. The Kier molecular flexibility index (Phi) is 4.24. The van der Waals surface area contributed by atoms with Crippen LogP contribution in [0.2, 0.25) is 5.02 Å². The summed E-state index contributed by atoms with van der Waals surface area (Å²) in [4.78, 5) is 10.4. The fourth-order valence-electron chi connectivity index (χ4n) is 2.60. The van der Waals surface area contributed by atoms with Crippen molar-refractivity contribution < 1.29 is 9.31 Å². The van der Waals surface area contributed by atoms with Crippen molar-refractivity contribution in [3.8, 4) is 0 Å². The quantitative estimate of drug-likeness (QED) is 0.665. The monoisotopic (exact) mass is 286 g/mol. The zero-order valence-corrected chi connectivity index (χ0v) is 11.4.